The number of hydrogen-bond acceptors (Lipinski definition) is 6. The Morgan fingerprint density at radius 3 is 2.79 bits per heavy atom. The average Bonchev–Trinajstić information content (AvgIpc) is 3.22. The molecule has 5 nitrogen and oxygen atoms in total. The van der Waals surface area contributed by atoms with Crippen LogP contribution >= 0.6 is 11.3 Å². The maximum atomic E-state index is 12.4. The van der Waals surface area contributed by atoms with E-state index in [1.165, 1.54) is 11.3 Å². The van der Waals surface area contributed by atoms with Gasteiger partial charge in [-0.05, 0) is 42.8 Å². The third-order valence-corrected chi connectivity index (χ3v) is 5.15. The molecule has 0 spiro atoms. The minimum atomic E-state index is -0.449. The van der Waals surface area contributed by atoms with Gasteiger partial charge in [0.2, 0.25) is 0 Å². The van der Waals surface area contributed by atoms with Crippen molar-refractivity contribution in [2.24, 2.45) is 0 Å². The van der Waals surface area contributed by atoms with Gasteiger partial charge in [-0.15, -0.1) is 11.3 Å². The first kappa shape index (κ1) is 18.7. The Morgan fingerprint density at radius 2 is 2.03 bits per heavy atom. The van der Waals surface area contributed by atoms with E-state index in [2.05, 4.69) is 11.1 Å². The molecule has 0 aliphatic carbocycles. The van der Waals surface area contributed by atoms with E-state index in [0.717, 1.165) is 16.7 Å². The summed E-state index contributed by atoms with van der Waals surface area (Å²) in [5, 5.41) is 12.7. The van der Waals surface area contributed by atoms with Crippen LogP contribution in [0.25, 0.3) is 33.9 Å². The number of thiazole rings is 1. The molecule has 0 fully saturated rings. The normalized spacial score (nSPS) is 11.4. The molecule has 142 valence electrons. The van der Waals surface area contributed by atoms with Gasteiger partial charge in [0.05, 0.1) is 23.4 Å². The van der Waals surface area contributed by atoms with E-state index in [1.807, 2.05) is 49.4 Å². The molecule has 0 aliphatic rings. The third-order valence-electron chi connectivity index (χ3n) is 4.27. The number of aromatic nitrogens is 1. The quantitative estimate of drug-likeness (QED) is 0.332. The van der Waals surface area contributed by atoms with Crippen molar-refractivity contribution in [3.8, 4) is 23.1 Å². The number of ether oxygens (including phenoxy) is 1. The first-order valence-electron chi connectivity index (χ1n) is 9.02. The number of allylic oxidation sites excluding steroid dienone is 1. The highest BCUT2D eigenvalue weighted by Gasteiger charge is 2.13. The summed E-state index contributed by atoms with van der Waals surface area (Å²) in [6, 6.07) is 18.8. The second-order valence-corrected chi connectivity index (χ2v) is 7.05. The molecule has 2 aromatic heterocycles. The molecule has 29 heavy (non-hydrogen) atoms. The van der Waals surface area contributed by atoms with Gasteiger partial charge in [-0.25, -0.2) is 9.78 Å². The Bertz CT molecular complexity index is 1290. The fraction of sp³-hybridized carbons (Fsp3) is 0.0870. The topological polar surface area (TPSA) is 76.1 Å². The summed E-state index contributed by atoms with van der Waals surface area (Å²) in [4.78, 5) is 16.9. The Hall–Kier alpha value is -3.69. The van der Waals surface area contributed by atoms with Crippen molar-refractivity contribution in [1.29, 1.82) is 5.26 Å². The van der Waals surface area contributed by atoms with Crippen LogP contribution in [0.1, 0.15) is 17.5 Å². The molecule has 2 aromatic carbocycles. The molecular weight excluding hydrogens is 384 g/mol. The Kier molecular flexibility index (Phi) is 5.23. The maximum Gasteiger partial charge on any atom is 0.345 e. The van der Waals surface area contributed by atoms with Crippen LogP contribution in [0.2, 0.25) is 0 Å². The molecule has 4 aromatic rings. The summed E-state index contributed by atoms with van der Waals surface area (Å²) in [6.07, 6.45) is 1.77. The number of para-hydroxylation sites is 1. The first-order valence-corrected chi connectivity index (χ1v) is 9.89. The summed E-state index contributed by atoms with van der Waals surface area (Å²) < 4.78 is 10.8. The molecule has 0 saturated carbocycles. The van der Waals surface area contributed by atoms with E-state index in [9.17, 15) is 10.1 Å². The van der Waals surface area contributed by atoms with Crippen LogP contribution < -0.4 is 10.4 Å². The lowest BCUT2D eigenvalue weighted by Gasteiger charge is -2.02. The molecule has 0 saturated heterocycles. The number of rotatable bonds is 5. The molecule has 0 atom stereocenters. The van der Waals surface area contributed by atoms with E-state index >= 15 is 0 Å². The monoisotopic (exact) mass is 400 g/mol. The first-order chi connectivity index (χ1) is 14.2. The Morgan fingerprint density at radius 1 is 1.24 bits per heavy atom. The van der Waals surface area contributed by atoms with Crippen LogP contribution in [-0.4, -0.2) is 11.6 Å². The van der Waals surface area contributed by atoms with Crippen LogP contribution in [0.15, 0.2) is 69.2 Å². The van der Waals surface area contributed by atoms with Crippen molar-refractivity contribution >= 4 is 34.0 Å². The van der Waals surface area contributed by atoms with Gasteiger partial charge in [0.1, 0.15) is 22.4 Å². The zero-order valence-electron chi connectivity index (χ0n) is 15.6. The second-order valence-electron chi connectivity index (χ2n) is 6.20. The highest BCUT2D eigenvalue weighted by Crippen LogP contribution is 2.27. The molecule has 0 aliphatic heterocycles. The van der Waals surface area contributed by atoms with E-state index in [-0.39, 0.29) is 0 Å². The Labute approximate surface area is 171 Å². The second kappa shape index (κ2) is 8.13. The number of benzene rings is 2. The van der Waals surface area contributed by atoms with Gasteiger partial charge in [-0.2, -0.15) is 5.26 Å². The van der Waals surface area contributed by atoms with Crippen molar-refractivity contribution in [2.75, 3.05) is 6.61 Å². The highest BCUT2D eigenvalue weighted by atomic mass is 32.1. The third kappa shape index (κ3) is 3.96. The summed E-state index contributed by atoms with van der Waals surface area (Å²) in [7, 11) is 0. The van der Waals surface area contributed by atoms with Crippen molar-refractivity contribution in [3.05, 3.63) is 81.0 Å². The van der Waals surface area contributed by atoms with E-state index in [1.54, 1.807) is 23.6 Å². The minimum Gasteiger partial charge on any atom is -0.494 e. The molecule has 0 radical (unpaired) electrons. The van der Waals surface area contributed by atoms with Crippen molar-refractivity contribution in [3.63, 3.8) is 0 Å². The molecule has 0 bridgehead atoms. The van der Waals surface area contributed by atoms with Crippen molar-refractivity contribution in [1.82, 2.24) is 4.98 Å². The highest BCUT2D eigenvalue weighted by molar-refractivity contribution is 7.11. The lowest BCUT2D eigenvalue weighted by molar-refractivity contribution is 0.340. The summed E-state index contributed by atoms with van der Waals surface area (Å²) in [5.41, 5.74) is 2.25. The SMILES string of the molecule is CCOc1ccc(/C=C(\C#N)c2nc(-c3cc4ccccc4oc3=O)cs2)cc1. The van der Waals surface area contributed by atoms with Gasteiger partial charge in [-0.1, -0.05) is 30.3 Å². The zero-order chi connectivity index (χ0) is 20.2. The zero-order valence-corrected chi connectivity index (χ0v) is 16.4. The van der Waals surface area contributed by atoms with Crippen LogP contribution in [0.3, 0.4) is 0 Å². The Balaban J connectivity index is 1.68. The van der Waals surface area contributed by atoms with Crippen LogP contribution in [-0.2, 0) is 0 Å². The van der Waals surface area contributed by atoms with Crippen LogP contribution in [0.5, 0.6) is 5.75 Å². The number of nitrogens with zero attached hydrogens (tertiary/aromatic N) is 2. The summed E-state index contributed by atoms with van der Waals surface area (Å²) in [5.74, 6) is 0.780. The van der Waals surface area contributed by atoms with Crippen molar-refractivity contribution in [2.45, 2.75) is 6.92 Å². The van der Waals surface area contributed by atoms with Crippen LogP contribution in [0, 0.1) is 11.3 Å². The lowest BCUT2D eigenvalue weighted by atomic mass is 10.1. The van der Waals surface area contributed by atoms with Gasteiger partial charge in [-0.3, -0.25) is 0 Å². The van der Waals surface area contributed by atoms with Gasteiger partial charge >= 0.3 is 5.63 Å². The molecular formula is C23H16N2O3S. The van der Waals surface area contributed by atoms with Crippen molar-refractivity contribution < 1.29 is 9.15 Å². The molecule has 6 heteroatoms. The predicted molar refractivity (Wildman–Crippen MR) is 115 cm³/mol. The summed E-state index contributed by atoms with van der Waals surface area (Å²) in [6.45, 7) is 2.53. The molecule has 2 heterocycles. The molecule has 0 amide bonds. The molecule has 0 unspecified atom stereocenters. The van der Waals surface area contributed by atoms with Gasteiger partial charge in [0.15, 0.2) is 0 Å². The van der Waals surface area contributed by atoms with Crippen LogP contribution in [0.4, 0.5) is 0 Å². The number of fused-ring (bicyclic) bond motifs is 1. The van der Waals surface area contributed by atoms with E-state index in [0.29, 0.717) is 34.0 Å². The fourth-order valence-corrected chi connectivity index (χ4v) is 3.68. The lowest BCUT2D eigenvalue weighted by Crippen LogP contribution is -2.02. The van der Waals surface area contributed by atoms with E-state index < -0.39 is 5.63 Å². The average molecular weight is 400 g/mol. The number of hydrogen-bond donors (Lipinski definition) is 0. The smallest absolute Gasteiger partial charge is 0.345 e. The minimum absolute atomic E-state index is 0.379. The fourth-order valence-electron chi connectivity index (χ4n) is 2.90. The maximum absolute atomic E-state index is 12.4. The molecule has 4 rings (SSSR count). The van der Waals surface area contributed by atoms with Gasteiger partial charge in [0, 0.05) is 10.8 Å². The van der Waals surface area contributed by atoms with Gasteiger partial charge < -0.3 is 9.15 Å². The predicted octanol–water partition coefficient (Wildman–Crippen LogP) is 5.38. The summed E-state index contributed by atoms with van der Waals surface area (Å²) >= 11 is 1.31. The largest absolute Gasteiger partial charge is 0.494 e. The number of nitriles is 1. The standard InChI is InChI=1S/C23H16N2O3S/c1-2-27-18-9-7-15(8-10-18)11-17(13-24)22-25-20(14-29-22)19-12-16-5-3-4-6-21(16)28-23(19)26/h3-12,14H,2H2,1H3/b17-11+. The van der Waals surface area contributed by atoms with Gasteiger partial charge in [0.25, 0.3) is 0 Å². The van der Waals surface area contributed by atoms with E-state index in [4.69, 9.17) is 9.15 Å². The molecule has 0 N–H and O–H groups in total.